The number of hydrogen-bond acceptors (Lipinski definition) is 5. The van der Waals surface area contributed by atoms with E-state index in [4.69, 9.17) is 0 Å². The molecule has 1 aromatic carbocycles. The lowest BCUT2D eigenvalue weighted by molar-refractivity contribution is -0.274. The Kier molecular flexibility index (Phi) is 6.09. The molecular weight excluding hydrogens is 471 g/mol. The Bertz CT molecular complexity index is 994. The Morgan fingerprint density at radius 3 is 2.24 bits per heavy atom. The largest absolute Gasteiger partial charge is 0.573 e. The molecule has 11 heteroatoms. The van der Waals surface area contributed by atoms with Crippen LogP contribution in [0.2, 0.25) is 0 Å². The van der Waals surface area contributed by atoms with Gasteiger partial charge in [-0.15, -0.1) is 13.2 Å². The third kappa shape index (κ3) is 4.79. The predicted octanol–water partition coefficient (Wildman–Crippen LogP) is 2.88. The number of sulfonamides is 1. The van der Waals surface area contributed by atoms with Gasteiger partial charge in [0.1, 0.15) is 11.8 Å². The summed E-state index contributed by atoms with van der Waals surface area (Å²) in [4.78, 5) is 13.0. The van der Waals surface area contributed by atoms with E-state index in [1.807, 2.05) is 0 Å². The van der Waals surface area contributed by atoms with Crippen LogP contribution in [0.4, 0.5) is 13.2 Å². The molecule has 0 aromatic heterocycles. The maximum atomic E-state index is 13.3. The molecule has 4 aliphatic carbocycles. The second kappa shape index (κ2) is 8.67. The van der Waals surface area contributed by atoms with Gasteiger partial charge in [0.25, 0.3) is 0 Å². The van der Waals surface area contributed by atoms with Crippen molar-refractivity contribution >= 4 is 15.9 Å². The van der Waals surface area contributed by atoms with Gasteiger partial charge in [-0.05, 0) is 86.0 Å². The quantitative estimate of drug-likeness (QED) is 0.626. The average molecular weight is 502 g/mol. The van der Waals surface area contributed by atoms with Crippen LogP contribution >= 0.6 is 0 Å². The Balaban J connectivity index is 1.27. The normalized spacial score (nSPS) is 33.6. The maximum Gasteiger partial charge on any atom is 0.573 e. The number of ether oxygens (including phenoxy) is 1. The molecule has 1 amide bonds. The highest BCUT2D eigenvalue weighted by Crippen LogP contribution is 2.59. The second-order valence-corrected chi connectivity index (χ2v) is 12.4. The Morgan fingerprint density at radius 1 is 1.09 bits per heavy atom. The molecule has 1 saturated heterocycles. The van der Waals surface area contributed by atoms with Crippen molar-refractivity contribution in [3.05, 3.63) is 24.3 Å². The molecule has 6 rings (SSSR count). The summed E-state index contributed by atoms with van der Waals surface area (Å²) < 4.78 is 68.8. The lowest BCUT2D eigenvalue weighted by atomic mass is 9.49. The molecule has 34 heavy (non-hydrogen) atoms. The summed E-state index contributed by atoms with van der Waals surface area (Å²) in [6.45, 7) is 1.23. The van der Waals surface area contributed by atoms with Crippen molar-refractivity contribution in [1.29, 1.82) is 0 Å². The van der Waals surface area contributed by atoms with Crippen LogP contribution < -0.4 is 15.4 Å². The zero-order valence-electron chi connectivity index (χ0n) is 18.8. The molecule has 5 aliphatic rings. The molecule has 188 valence electrons. The van der Waals surface area contributed by atoms with Crippen LogP contribution in [0.25, 0.3) is 0 Å². The zero-order chi connectivity index (χ0) is 24.1. The van der Waals surface area contributed by atoms with Crippen LogP contribution in [-0.2, 0) is 14.8 Å². The van der Waals surface area contributed by atoms with Gasteiger partial charge in [0.2, 0.25) is 15.9 Å². The van der Waals surface area contributed by atoms with Crippen LogP contribution in [-0.4, -0.2) is 57.2 Å². The van der Waals surface area contributed by atoms with Crippen LogP contribution in [0.1, 0.15) is 38.5 Å². The highest BCUT2D eigenvalue weighted by atomic mass is 32.2. The van der Waals surface area contributed by atoms with E-state index in [-0.39, 0.29) is 29.3 Å². The second-order valence-electron chi connectivity index (χ2n) is 10.5. The van der Waals surface area contributed by atoms with Crippen molar-refractivity contribution in [2.24, 2.45) is 23.2 Å². The number of piperazine rings is 1. The van der Waals surface area contributed by atoms with Gasteiger partial charge in [0.05, 0.1) is 4.90 Å². The minimum Gasteiger partial charge on any atom is -0.406 e. The average Bonchev–Trinajstić information content (AvgIpc) is 2.76. The summed E-state index contributed by atoms with van der Waals surface area (Å²) >= 11 is 0. The Hall–Kier alpha value is -1.85. The molecule has 5 fully saturated rings. The first kappa shape index (κ1) is 23.9. The van der Waals surface area contributed by atoms with Crippen molar-refractivity contribution in [1.82, 2.24) is 14.9 Å². The summed E-state index contributed by atoms with van der Waals surface area (Å²) in [5.41, 5.74) is 0.129. The molecular formula is C23H30F3N3O4S. The third-order valence-corrected chi connectivity index (χ3v) is 9.89. The number of nitrogens with one attached hydrogen (secondary N) is 2. The minimum absolute atomic E-state index is 0.0958. The number of hydrogen-bond donors (Lipinski definition) is 2. The van der Waals surface area contributed by atoms with E-state index >= 15 is 0 Å². The first-order valence-electron chi connectivity index (χ1n) is 11.9. The van der Waals surface area contributed by atoms with Crippen LogP contribution in [0.3, 0.4) is 0 Å². The number of carbonyl (C=O) groups excluding carboxylic acids is 1. The van der Waals surface area contributed by atoms with Gasteiger partial charge in [-0.25, -0.2) is 8.42 Å². The van der Waals surface area contributed by atoms with Gasteiger partial charge in [-0.2, -0.15) is 4.31 Å². The molecule has 1 atom stereocenters. The van der Waals surface area contributed by atoms with Gasteiger partial charge in [0, 0.05) is 26.2 Å². The van der Waals surface area contributed by atoms with E-state index in [2.05, 4.69) is 15.4 Å². The number of alkyl halides is 3. The van der Waals surface area contributed by atoms with Gasteiger partial charge in [0.15, 0.2) is 0 Å². The number of halogens is 3. The van der Waals surface area contributed by atoms with Crippen LogP contribution in [0, 0.1) is 23.2 Å². The molecule has 1 unspecified atom stereocenters. The van der Waals surface area contributed by atoms with Gasteiger partial charge >= 0.3 is 6.36 Å². The van der Waals surface area contributed by atoms with E-state index in [1.54, 1.807) is 0 Å². The number of nitrogens with zero attached hydrogens (tertiary/aromatic N) is 1. The summed E-state index contributed by atoms with van der Waals surface area (Å²) in [5, 5.41) is 6.15. The van der Waals surface area contributed by atoms with Crippen LogP contribution in [0.5, 0.6) is 5.75 Å². The summed E-state index contributed by atoms with van der Waals surface area (Å²) in [6.07, 6.45) is 2.46. The fraction of sp³-hybridized carbons (Fsp3) is 0.696. The first-order valence-corrected chi connectivity index (χ1v) is 13.3. The van der Waals surface area contributed by atoms with E-state index < -0.39 is 28.2 Å². The van der Waals surface area contributed by atoms with Crippen molar-refractivity contribution in [3.63, 3.8) is 0 Å². The van der Waals surface area contributed by atoms with E-state index in [0.717, 1.165) is 65.6 Å². The monoisotopic (exact) mass is 501 g/mol. The highest BCUT2D eigenvalue weighted by molar-refractivity contribution is 7.89. The smallest absolute Gasteiger partial charge is 0.406 e. The maximum absolute atomic E-state index is 13.3. The molecule has 0 radical (unpaired) electrons. The highest BCUT2D eigenvalue weighted by Gasteiger charge is 2.51. The Labute approximate surface area is 197 Å². The van der Waals surface area contributed by atoms with Crippen molar-refractivity contribution in [3.8, 4) is 5.75 Å². The molecule has 1 aliphatic heterocycles. The van der Waals surface area contributed by atoms with E-state index in [9.17, 15) is 26.4 Å². The van der Waals surface area contributed by atoms with Gasteiger partial charge < -0.3 is 15.4 Å². The Morgan fingerprint density at radius 2 is 1.68 bits per heavy atom. The molecule has 4 bridgehead atoms. The fourth-order valence-corrected chi connectivity index (χ4v) is 8.63. The van der Waals surface area contributed by atoms with Crippen molar-refractivity contribution in [2.45, 2.75) is 55.8 Å². The van der Waals surface area contributed by atoms with Crippen molar-refractivity contribution in [2.75, 3.05) is 26.2 Å². The number of amides is 1. The molecule has 7 nitrogen and oxygen atoms in total. The SMILES string of the molecule is O=C(NCC12CC3CC(CC(C3)C1)C2)C1CNCCN1S(=O)(=O)c1ccc(OC(F)(F)F)cc1. The van der Waals surface area contributed by atoms with Crippen molar-refractivity contribution < 1.29 is 31.1 Å². The molecule has 2 N–H and O–H groups in total. The van der Waals surface area contributed by atoms with Gasteiger partial charge in [-0.1, -0.05) is 0 Å². The topological polar surface area (TPSA) is 87.7 Å². The fourth-order valence-electron chi connectivity index (χ4n) is 7.04. The summed E-state index contributed by atoms with van der Waals surface area (Å²) in [7, 11) is -4.08. The molecule has 1 heterocycles. The standard InChI is InChI=1S/C23H30F3N3O4S/c24-23(25,26)33-18-1-3-19(4-2-18)34(31,32)29-6-5-27-13-20(29)21(30)28-14-22-10-15-7-16(11-22)9-17(8-15)12-22/h1-4,15-17,20,27H,5-14H2,(H,28,30). The molecule has 0 spiro atoms. The number of rotatable bonds is 6. The molecule has 1 aromatic rings. The lowest BCUT2D eigenvalue weighted by Crippen LogP contribution is -2.60. The lowest BCUT2D eigenvalue weighted by Gasteiger charge is -2.57. The van der Waals surface area contributed by atoms with E-state index in [1.165, 1.54) is 19.3 Å². The third-order valence-electron chi connectivity index (χ3n) is 7.96. The number of carbonyl (C=O) groups is 1. The predicted molar refractivity (Wildman–Crippen MR) is 117 cm³/mol. The van der Waals surface area contributed by atoms with Gasteiger partial charge in [-0.3, -0.25) is 4.79 Å². The summed E-state index contributed by atoms with van der Waals surface area (Å²) in [5.74, 6) is 1.42. The zero-order valence-corrected chi connectivity index (χ0v) is 19.6. The minimum atomic E-state index is -4.86. The van der Waals surface area contributed by atoms with Crippen LogP contribution in [0.15, 0.2) is 29.2 Å². The van der Waals surface area contributed by atoms with E-state index in [0.29, 0.717) is 13.1 Å². The molecule has 4 saturated carbocycles. The number of benzene rings is 1. The summed E-state index contributed by atoms with van der Waals surface area (Å²) in [6, 6.07) is 3.15. The first-order chi connectivity index (χ1) is 16.0.